The minimum Gasteiger partial charge on any atom is -0.497 e. The van der Waals surface area contributed by atoms with Crippen LogP contribution in [0.5, 0.6) is 17.2 Å². The molecule has 2 fully saturated rings. The molecule has 1 aliphatic carbocycles. The van der Waals surface area contributed by atoms with Gasteiger partial charge in [-0.05, 0) is 49.1 Å². The molecule has 1 atom stereocenters. The summed E-state index contributed by atoms with van der Waals surface area (Å²) in [6.07, 6.45) is 4.45. The van der Waals surface area contributed by atoms with E-state index in [4.69, 9.17) is 14.2 Å². The van der Waals surface area contributed by atoms with Gasteiger partial charge in [0.15, 0.2) is 11.5 Å². The zero-order valence-electron chi connectivity index (χ0n) is 19.5. The fourth-order valence-electron chi connectivity index (χ4n) is 5.28. The van der Waals surface area contributed by atoms with Gasteiger partial charge in [0.2, 0.25) is 12.7 Å². The van der Waals surface area contributed by atoms with Gasteiger partial charge in [-0.3, -0.25) is 14.5 Å². The van der Waals surface area contributed by atoms with E-state index in [9.17, 15) is 9.59 Å². The third-order valence-electron chi connectivity index (χ3n) is 7.07. The van der Waals surface area contributed by atoms with Crippen LogP contribution in [0.2, 0.25) is 0 Å². The van der Waals surface area contributed by atoms with Crippen LogP contribution in [0.15, 0.2) is 42.5 Å². The quantitative estimate of drug-likeness (QED) is 0.705. The van der Waals surface area contributed by atoms with Crippen LogP contribution in [0.25, 0.3) is 0 Å². The maximum absolute atomic E-state index is 13.4. The van der Waals surface area contributed by atoms with Crippen molar-refractivity contribution in [1.29, 1.82) is 0 Å². The summed E-state index contributed by atoms with van der Waals surface area (Å²) in [5.74, 6) is 2.34. The lowest BCUT2D eigenvalue weighted by Gasteiger charge is -2.40. The summed E-state index contributed by atoms with van der Waals surface area (Å²) in [7, 11) is 1.62. The summed E-state index contributed by atoms with van der Waals surface area (Å²) in [6.45, 7) is 2.70. The molecule has 5 rings (SSSR count). The van der Waals surface area contributed by atoms with Crippen molar-refractivity contribution < 1.29 is 23.8 Å². The topological polar surface area (TPSA) is 80.3 Å². The number of fused-ring (bicyclic) bond motifs is 1. The molecule has 2 aromatic carbocycles. The van der Waals surface area contributed by atoms with E-state index in [1.54, 1.807) is 25.3 Å². The van der Waals surface area contributed by atoms with Gasteiger partial charge in [-0.25, -0.2) is 0 Å². The zero-order chi connectivity index (χ0) is 23.5. The Balaban J connectivity index is 1.25. The number of benzene rings is 2. The van der Waals surface area contributed by atoms with E-state index in [0.29, 0.717) is 54.9 Å². The molecule has 0 aromatic heterocycles. The van der Waals surface area contributed by atoms with E-state index in [1.165, 1.54) is 0 Å². The molecule has 8 heteroatoms. The summed E-state index contributed by atoms with van der Waals surface area (Å²) in [6, 6.07) is 12.6. The molecule has 8 nitrogen and oxygen atoms in total. The second kappa shape index (κ2) is 9.93. The van der Waals surface area contributed by atoms with E-state index >= 15 is 0 Å². The SMILES string of the molecule is COc1cccc(NC(=O)C(C2CCCC2)N2CCN(C(=O)c3ccc4c(c3)OCO4)CC2)c1. The number of anilines is 1. The van der Waals surface area contributed by atoms with Gasteiger partial charge in [0.1, 0.15) is 5.75 Å². The van der Waals surface area contributed by atoms with Crippen LogP contribution in [0.1, 0.15) is 36.0 Å². The summed E-state index contributed by atoms with van der Waals surface area (Å²) in [5.41, 5.74) is 1.34. The van der Waals surface area contributed by atoms with Crippen LogP contribution in [-0.4, -0.2) is 67.7 Å². The lowest BCUT2D eigenvalue weighted by atomic mass is 9.94. The first-order chi connectivity index (χ1) is 16.6. The van der Waals surface area contributed by atoms with Gasteiger partial charge in [0, 0.05) is 43.5 Å². The first-order valence-corrected chi connectivity index (χ1v) is 12.0. The Morgan fingerprint density at radius 2 is 1.76 bits per heavy atom. The Kier molecular flexibility index (Phi) is 6.58. The van der Waals surface area contributed by atoms with Gasteiger partial charge in [0.05, 0.1) is 13.2 Å². The first-order valence-electron chi connectivity index (χ1n) is 12.0. The monoisotopic (exact) mass is 465 g/mol. The predicted molar refractivity (Wildman–Crippen MR) is 127 cm³/mol. The van der Waals surface area contributed by atoms with Crippen LogP contribution >= 0.6 is 0 Å². The summed E-state index contributed by atoms with van der Waals surface area (Å²) < 4.78 is 16.1. The van der Waals surface area contributed by atoms with Crippen molar-refractivity contribution in [3.63, 3.8) is 0 Å². The molecule has 2 amide bonds. The maximum atomic E-state index is 13.4. The van der Waals surface area contributed by atoms with Crippen molar-refractivity contribution >= 4 is 17.5 Å². The van der Waals surface area contributed by atoms with Crippen LogP contribution in [-0.2, 0) is 4.79 Å². The highest BCUT2D eigenvalue weighted by molar-refractivity contribution is 5.96. The molecule has 1 unspecified atom stereocenters. The molecule has 1 saturated heterocycles. The fourth-order valence-corrected chi connectivity index (χ4v) is 5.28. The maximum Gasteiger partial charge on any atom is 0.254 e. The minimum atomic E-state index is -0.198. The Bertz CT molecular complexity index is 1040. The second-order valence-electron chi connectivity index (χ2n) is 9.11. The van der Waals surface area contributed by atoms with Gasteiger partial charge in [0.25, 0.3) is 5.91 Å². The van der Waals surface area contributed by atoms with E-state index in [2.05, 4.69) is 10.2 Å². The number of ether oxygens (including phenoxy) is 3. The Morgan fingerprint density at radius 1 is 1.00 bits per heavy atom. The predicted octanol–water partition coefficient (Wildman–Crippen LogP) is 3.38. The number of carbonyl (C=O) groups is 2. The molecule has 2 aliphatic heterocycles. The summed E-state index contributed by atoms with van der Waals surface area (Å²) in [5, 5.41) is 3.11. The molecule has 1 N–H and O–H groups in total. The molecular formula is C26H31N3O5. The van der Waals surface area contributed by atoms with Gasteiger partial charge in [-0.2, -0.15) is 0 Å². The van der Waals surface area contributed by atoms with Crippen LogP contribution in [0.4, 0.5) is 5.69 Å². The van der Waals surface area contributed by atoms with Gasteiger partial charge >= 0.3 is 0 Å². The normalized spacial score (nSPS) is 19.1. The van der Waals surface area contributed by atoms with Gasteiger partial charge in [-0.15, -0.1) is 0 Å². The minimum absolute atomic E-state index is 0.0174. The molecular weight excluding hydrogens is 434 g/mol. The summed E-state index contributed by atoms with van der Waals surface area (Å²) in [4.78, 5) is 30.7. The number of amides is 2. The molecule has 180 valence electrons. The van der Waals surface area contributed by atoms with Crippen molar-refractivity contribution in [3.8, 4) is 17.2 Å². The number of nitrogens with one attached hydrogen (secondary N) is 1. The van der Waals surface area contributed by atoms with E-state index in [1.807, 2.05) is 29.2 Å². The molecule has 2 heterocycles. The highest BCUT2D eigenvalue weighted by Crippen LogP contribution is 2.34. The van der Waals surface area contributed by atoms with Crippen molar-refractivity contribution in [1.82, 2.24) is 9.80 Å². The molecule has 0 radical (unpaired) electrons. The zero-order valence-corrected chi connectivity index (χ0v) is 19.5. The highest BCUT2D eigenvalue weighted by atomic mass is 16.7. The number of methoxy groups -OCH3 is 1. The lowest BCUT2D eigenvalue weighted by Crippen LogP contribution is -2.56. The average molecular weight is 466 g/mol. The number of piperazine rings is 1. The standard InChI is InChI=1S/C26H31N3O5/c1-32-21-8-4-7-20(16-21)27-25(30)24(18-5-2-3-6-18)28-11-13-29(14-12-28)26(31)19-9-10-22-23(15-19)34-17-33-22/h4,7-10,15-16,18,24H,2-3,5-6,11-14,17H2,1H3,(H,27,30). The number of hydrogen-bond donors (Lipinski definition) is 1. The van der Waals surface area contributed by atoms with Crippen molar-refractivity contribution in [3.05, 3.63) is 48.0 Å². The molecule has 0 bridgehead atoms. The molecule has 0 spiro atoms. The van der Waals surface area contributed by atoms with Crippen molar-refractivity contribution in [2.24, 2.45) is 5.92 Å². The van der Waals surface area contributed by atoms with E-state index in [0.717, 1.165) is 31.4 Å². The third-order valence-corrected chi connectivity index (χ3v) is 7.07. The Hall–Kier alpha value is -3.26. The van der Waals surface area contributed by atoms with Gasteiger partial charge in [-0.1, -0.05) is 18.9 Å². The highest BCUT2D eigenvalue weighted by Gasteiger charge is 2.37. The van der Waals surface area contributed by atoms with Crippen LogP contribution in [0, 0.1) is 5.92 Å². The number of nitrogens with zero attached hydrogens (tertiary/aromatic N) is 2. The first kappa shape index (κ1) is 22.5. The largest absolute Gasteiger partial charge is 0.497 e. The van der Waals surface area contributed by atoms with E-state index in [-0.39, 0.29) is 24.6 Å². The fraction of sp³-hybridized carbons (Fsp3) is 0.462. The molecule has 1 saturated carbocycles. The molecule has 3 aliphatic rings. The number of rotatable bonds is 6. The Labute approximate surface area is 199 Å². The smallest absolute Gasteiger partial charge is 0.254 e. The number of hydrogen-bond acceptors (Lipinski definition) is 6. The van der Waals surface area contributed by atoms with Crippen molar-refractivity contribution in [2.75, 3.05) is 45.4 Å². The number of carbonyl (C=O) groups excluding carboxylic acids is 2. The Morgan fingerprint density at radius 3 is 2.53 bits per heavy atom. The van der Waals surface area contributed by atoms with Crippen molar-refractivity contribution in [2.45, 2.75) is 31.7 Å². The third kappa shape index (κ3) is 4.68. The molecule has 34 heavy (non-hydrogen) atoms. The van der Waals surface area contributed by atoms with Crippen LogP contribution < -0.4 is 19.5 Å². The van der Waals surface area contributed by atoms with Gasteiger partial charge < -0.3 is 24.4 Å². The van der Waals surface area contributed by atoms with Crippen LogP contribution in [0.3, 0.4) is 0 Å². The molecule has 2 aromatic rings. The summed E-state index contributed by atoms with van der Waals surface area (Å²) >= 11 is 0. The lowest BCUT2D eigenvalue weighted by molar-refractivity contribution is -0.123. The second-order valence-corrected chi connectivity index (χ2v) is 9.11. The average Bonchev–Trinajstić information content (AvgIpc) is 3.56. The van der Waals surface area contributed by atoms with E-state index < -0.39 is 0 Å².